The summed E-state index contributed by atoms with van der Waals surface area (Å²) in [6, 6.07) is 20.7. The second kappa shape index (κ2) is 7.31. The van der Waals surface area contributed by atoms with E-state index in [1.54, 1.807) is 13.3 Å². The van der Waals surface area contributed by atoms with E-state index in [1.807, 2.05) is 30.5 Å². The summed E-state index contributed by atoms with van der Waals surface area (Å²) in [7, 11) is 1.70. The van der Waals surface area contributed by atoms with Gasteiger partial charge in [-0.25, -0.2) is 0 Å². The van der Waals surface area contributed by atoms with Crippen molar-refractivity contribution < 1.29 is 4.74 Å². The van der Waals surface area contributed by atoms with Crippen LogP contribution in [0.4, 0.5) is 5.69 Å². The molecule has 130 valence electrons. The Morgan fingerprint density at radius 3 is 2.81 bits per heavy atom. The number of fused-ring (bicyclic) bond motifs is 1. The molecule has 0 aliphatic rings. The van der Waals surface area contributed by atoms with Crippen molar-refractivity contribution in [3.8, 4) is 5.75 Å². The summed E-state index contributed by atoms with van der Waals surface area (Å²) in [5.41, 5.74) is 4.75. The lowest BCUT2D eigenvalue weighted by Crippen LogP contribution is -2.00. The molecule has 4 rings (SSSR count). The van der Waals surface area contributed by atoms with Gasteiger partial charge in [-0.2, -0.15) is 0 Å². The van der Waals surface area contributed by atoms with E-state index in [9.17, 15) is 0 Å². The quantitative estimate of drug-likeness (QED) is 0.551. The van der Waals surface area contributed by atoms with Crippen LogP contribution < -0.4 is 10.1 Å². The molecule has 4 nitrogen and oxygen atoms in total. The van der Waals surface area contributed by atoms with E-state index in [2.05, 4.69) is 57.5 Å². The number of aromatic nitrogens is 2. The molecule has 4 aromatic rings. The molecule has 2 aromatic carbocycles. The van der Waals surface area contributed by atoms with E-state index in [4.69, 9.17) is 4.74 Å². The molecule has 0 unspecified atom stereocenters. The zero-order valence-corrected chi connectivity index (χ0v) is 14.7. The third-order valence-electron chi connectivity index (χ3n) is 4.50. The van der Waals surface area contributed by atoms with Gasteiger partial charge in [0.15, 0.2) is 0 Å². The van der Waals surface area contributed by atoms with E-state index in [0.29, 0.717) is 0 Å². The minimum absolute atomic E-state index is 0.761. The fourth-order valence-corrected chi connectivity index (χ4v) is 3.23. The Bertz CT molecular complexity index is 1010. The highest BCUT2D eigenvalue weighted by Gasteiger charge is 2.09. The van der Waals surface area contributed by atoms with Crippen LogP contribution >= 0.6 is 0 Å². The number of para-hydroxylation sites is 1. The van der Waals surface area contributed by atoms with Crippen LogP contribution in [0, 0.1) is 0 Å². The number of hydrogen-bond acceptors (Lipinski definition) is 3. The zero-order chi connectivity index (χ0) is 17.8. The monoisotopic (exact) mass is 343 g/mol. The largest absolute Gasteiger partial charge is 0.497 e. The van der Waals surface area contributed by atoms with Crippen molar-refractivity contribution in [2.24, 2.45) is 0 Å². The summed E-state index contributed by atoms with van der Waals surface area (Å²) < 4.78 is 7.64. The van der Waals surface area contributed by atoms with E-state index >= 15 is 0 Å². The lowest BCUT2D eigenvalue weighted by Gasteiger charge is -2.07. The molecule has 2 aromatic heterocycles. The summed E-state index contributed by atoms with van der Waals surface area (Å²) in [4.78, 5) is 4.16. The summed E-state index contributed by atoms with van der Waals surface area (Å²) in [5, 5.41) is 4.72. The first-order valence-corrected chi connectivity index (χ1v) is 8.67. The van der Waals surface area contributed by atoms with Gasteiger partial charge in [-0.1, -0.05) is 30.3 Å². The van der Waals surface area contributed by atoms with E-state index in [-0.39, 0.29) is 0 Å². The highest BCUT2D eigenvalue weighted by atomic mass is 16.5. The van der Waals surface area contributed by atoms with Crippen LogP contribution in [0.5, 0.6) is 5.75 Å². The smallest absolute Gasteiger partial charge is 0.119 e. The maximum absolute atomic E-state index is 5.35. The number of benzene rings is 2. The van der Waals surface area contributed by atoms with Crippen LogP contribution in [-0.4, -0.2) is 16.7 Å². The average molecular weight is 343 g/mol. The number of rotatable bonds is 6. The maximum Gasteiger partial charge on any atom is 0.119 e. The molecule has 0 radical (unpaired) electrons. The molecule has 0 fully saturated rings. The van der Waals surface area contributed by atoms with Gasteiger partial charge in [-0.3, -0.25) is 4.98 Å². The van der Waals surface area contributed by atoms with Crippen LogP contribution in [0.15, 0.2) is 79.3 Å². The van der Waals surface area contributed by atoms with Gasteiger partial charge in [0.2, 0.25) is 0 Å². The van der Waals surface area contributed by atoms with Gasteiger partial charge >= 0.3 is 0 Å². The number of nitrogens with zero attached hydrogens (tertiary/aromatic N) is 2. The third-order valence-corrected chi connectivity index (χ3v) is 4.50. The van der Waals surface area contributed by atoms with E-state index in [1.165, 1.54) is 22.0 Å². The Labute approximate surface area is 153 Å². The highest BCUT2D eigenvalue weighted by Crippen LogP contribution is 2.24. The Hall–Kier alpha value is -3.27. The first-order chi connectivity index (χ1) is 12.8. The maximum atomic E-state index is 5.35. The molecule has 2 heterocycles. The molecular formula is C22H21N3O. The fraction of sp³-hybridized carbons (Fsp3) is 0.136. The highest BCUT2D eigenvalue weighted by molar-refractivity contribution is 5.84. The Morgan fingerprint density at radius 2 is 1.96 bits per heavy atom. The first-order valence-electron chi connectivity index (χ1n) is 8.67. The lowest BCUT2D eigenvalue weighted by atomic mass is 10.2. The summed E-state index contributed by atoms with van der Waals surface area (Å²) in [5.74, 6) is 0.887. The molecule has 0 bridgehead atoms. The van der Waals surface area contributed by atoms with Gasteiger partial charge in [0.25, 0.3) is 0 Å². The van der Waals surface area contributed by atoms with Crippen molar-refractivity contribution in [3.05, 3.63) is 90.4 Å². The number of hydrogen-bond donors (Lipinski definition) is 1. The van der Waals surface area contributed by atoms with Gasteiger partial charge < -0.3 is 14.6 Å². The van der Waals surface area contributed by atoms with Crippen LogP contribution in [0.2, 0.25) is 0 Å². The Morgan fingerprint density at radius 1 is 1.04 bits per heavy atom. The average Bonchev–Trinajstić information content (AvgIpc) is 3.05. The molecule has 0 saturated heterocycles. The molecule has 0 amide bonds. The normalized spacial score (nSPS) is 10.8. The minimum Gasteiger partial charge on any atom is -0.497 e. The molecule has 0 aliphatic carbocycles. The minimum atomic E-state index is 0.761. The molecular weight excluding hydrogens is 322 g/mol. The van der Waals surface area contributed by atoms with Crippen molar-refractivity contribution >= 4 is 16.6 Å². The number of nitrogens with one attached hydrogen (secondary N) is 1. The molecule has 0 atom stereocenters. The van der Waals surface area contributed by atoms with E-state index < -0.39 is 0 Å². The molecule has 4 heteroatoms. The predicted octanol–water partition coefficient (Wildman–Crippen LogP) is 4.71. The standard InChI is InChI=1S/C22H21N3O/c1-26-20-8-4-6-17(12-20)15-25-16-18(21-9-2-3-10-22(21)25)13-24-19-7-5-11-23-14-19/h2-12,14,16,24H,13,15H2,1H3. The van der Waals surface area contributed by atoms with Gasteiger partial charge in [0.1, 0.15) is 5.75 Å². The predicted molar refractivity (Wildman–Crippen MR) is 106 cm³/mol. The number of methoxy groups -OCH3 is 1. The van der Waals surface area contributed by atoms with Crippen molar-refractivity contribution in [1.29, 1.82) is 0 Å². The van der Waals surface area contributed by atoms with Crippen molar-refractivity contribution in [3.63, 3.8) is 0 Å². The Balaban J connectivity index is 1.63. The molecule has 26 heavy (non-hydrogen) atoms. The summed E-state index contributed by atoms with van der Waals surface area (Å²) in [6.45, 7) is 1.57. The first kappa shape index (κ1) is 16.2. The Kier molecular flexibility index (Phi) is 4.56. The molecule has 0 saturated carbocycles. The van der Waals surface area contributed by atoms with Crippen molar-refractivity contribution in [2.75, 3.05) is 12.4 Å². The zero-order valence-electron chi connectivity index (χ0n) is 14.7. The molecule has 0 aliphatic heterocycles. The van der Waals surface area contributed by atoms with E-state index in [0.717, 1.165) is 24.5 Å². The number of pyridine rings is 1. The van der Waals surface area contributed by atoms with Gasteiger partial charge in [0, 0.05) is 42.6 Å². The third kappa shape index (κ3) is 3.40. The SMILES string of the molecule is COc1cccc(Cn2cc(CNc3cccnc3)c3ccccc32)c1. The number of anilines is 1. The van der Waals surface area contributed by atoms with Gasteiger partial charge in [0.05, 0.1) is 12.8 Å². The van der Waals surface area contributed by atoms with Gasteiger partial charge in [-0.05, 0) is 41.5 Å². The van der Waals surface area contributed by atoms with Crippen LogP contribution in [-0.2, 0) is 13.1 Å². The van der Waals surface area contributed by atoms with Crippen LogP contribution in [0.3, 0.4) is 0 Å². The second-order valence-electron chi connectivity index (χ2n) is 6.25. The van der Waals surface area contributed by atoms with Crippen molar-refractivity contribution in [2.45, 2.75) is 13.1 Å². The van der Waals surface area contributed by atoms with Crippen LogP contribution in [0.25, 0.3) is 10.9 Å². The van der Waals surface area contributed by atoms with Crippen LogP contribution in [0.1, 0.15) is 11.1 Å². The molecule has 0 spiro atoms. The lowest BCUT2D eigenvalue weighted by molar-refractivity contribution is 0.414. The summed E-state index contributed by atoms with van der Waals surface area (Å²) in [6.07, 6.45) is 5.86. The summed E-state index contributed by atoms with van der Waals surface area (Å²) >= 11 is 0. The fourth-order valence-electron chi connectivity index (χ4n) is 3.23. The second-order valence-corrected chi connectivity index (χ2v) is 6.25. The van der Waals surface area contributed by atoms with Gasteiger partial charge in [-0.15, -0.1) is 0 Å². The number of ether oxygens (including phenoxy) is 1. The molecule has 1 N–H and O–H groups in total. The topological polar surface area (TPSA) is 39.1 Å². The van der Waals surface area contributed by atoms with Crippen molar-refractivity contribution in [1.82, 2.24) is 9.55 Å².